The highest BCUT2D eigenvalue weighted by molar-refractivity contribution is 6.14. The summed E-state index contributed by atoms with van der Waals surface area (Å²) in [6.45, 7) is 0. The van der Waals surface area contributed by atoms with Crippen LogP contribution in [0.3, 0.4) is 0 Å². The van der Waals surface area contributed by atoms with Gasteiger partial charge in [0.15, 0.2) is 0 Å². The molecule has 0 aliphatic heterocycles. The molecule has 0 spiro atoms. The second-order valence-electron chi connectivity index (χ2n) is 16.5. The SMILES string of the molecule is c1ccc(-c2ccc(-c3cc4ccccc4c4ccccc34)cc2N(c2ccc(-c3ccc4c(ccc5ccccc54)c3)cc2)c2ccc(-c3cccc4ccccc34)cc2)cc1. The van der Waals surface area contributed by atoms with Crippen molar-refractivity contribution in [3.8, 4) is 44.5 Å². The van der Waals surface area contributed by atoms with Crippen LogP contribution in [0.5, 0.6) is 0 Å². The fraction of sp³-hybridized carbons (Fsp3) is 0. The van der Waals surface area contributed by atoms with Crippen LogP contribution in [-0.2, 0) is 0 Å². The fourth-order valence-electron chi connectivity index (χ4n) is 9.73. The van der Waals surface area contributed by atoms with Crippen molar-refractivity contribution in [3.05, 3.63) is 249 Å². The van der Waals surface area contributed by atoms with Crippen molar-refractivity contribution in [1.29, 1.82) is 0 Å². The second kappa shape index (κ2) is 15.3. The smallest absolute Gasteiger partial charge is 0.0546 e. The Morgan fingerprint density at radius 3 is 1.44 bits per heavy atom. The number of anilines is 3. The van der Waals surface area contributed by atoms with E-state index in [0.29, 0.717) is 0 Å². The zero-order valence-corrected chi connectivity index (χ0v) is 34.6. The largest absolute Gasteiger partial charge is 0.310 e. The molecule has 0 aromatic heterocycles. The van der Waals surface area contributed by atoms with Gasteiger partial charge in [-0.15, -0.1) is 0 Å². The van der Waals surface area contributed by atoms with E-state index in [9.17, 15) is 0 Å². The van der Waals surface area contributed by atoms with Crippen molar-refractivity contribution in [1.82, 2.24) is 0 Å². The molecule has 0 saturated carbocycles. The third-order valence-corrected chi connectivity index (χ3v) is 12.8. The number of rotatable bonds is 7. The van der Waals surface area contributed by atoms with Crippen molar-refractivity contribution in [3.63, 3.8) is 0 Å². The molecule has 0 unspecified atom stereocenters. The molecule has 0 N–H and O–H groups in total. The molecule has 1 heteroatoms. The lowest BCUT2D eigenvalue weighted by molar-refractivity contribution is 1.28. The van der Waals surface area contributed by atoms with Gasteiger partial charge in [0, 0.05) is 16.9 Å². The highest BCUT2D eigenvalue weighted by atomic mass is 15.1. The van der Waals surface area contributed by atoms with Crippen molar-refractivity contribution in [2.45, 2.75) is 0 Å². The highest BCUT2D eigenvalue weighted by Gasteiger charge is 2.20. The van der Waals surface area contributed by atoms with Crippen LogP contribution in [0.4, 0.5) is 17.1 Å². The van der Waals surface area contributed by atoms with E-state index >= 15 is 0 Å². The number of hydrogen-bond donors (Lipinski definition) is 0. The third-order valence-electron chi connectivity index (χ3n) is 12.8. The topological polar surface area (TPSA) is 3.24 Å². The summed E-state index contributed by atoms with van der Waals surface area (Å²) in [7, 11) is 0. The molecule has 12 aromatic carbocycles. The number of benzene rings is 12. The molecule has 0 aliphatic rings. The zero-order chi connectivity index (χ0) is 41.7. The minimum atomic E-state index is 1.08. The van der Waals surface area contributed by atoms with E-state index in [1.807, 2.05) is 0 Å². The number of hydrogen-bond acceptors (Lipinski definition) is 1. The van der Waals surface area contributed by atoms with Crippen LogP contribution < -0.4 is 4.90 Å². The molecular formula is C62H41N. The summed E-state index contributed by atoms with van der Waals surface area (Å²) in [5, 5.41) is 12.6. The molecule has 0 heterocycles. The molecule has 12 aromatic rings. The van der Waals surface area contributed by atoms with Crippen molar-refractivity contribution >= 4 is 70.9 Å². The van der Waals surface area contributed by atoms with Crippen LogP contribution in [0.15, 0.2) is 249 Å². The Labute approximate surface area is 367 Å². The summed E-state index contributed by atoms with van der Waals surface area (Å²) < 4.78 is 0. The van der Waals surface area contributed by atoms with Gasteiger partial charge in [0.25, 0.3) is 0 Å². The van der Waals surface area contributed by atoms with Gasteiger partial charge in [0.1, 0.15) is 0 Å². The zero-order valence-electron chi connectivity index (χ0n) is 34.6. The second-order valence-corrected chi connectivity index (χ2v) is 16.5. The highest BCUT2D eigenvalue weighted by Crippen LogP contribution is 2.45. The molecule has 0 fully saturated rings. The Morgan fingerprint density at radius 2 is 0.698 bits per heavy atom. The molecular weight excluding hydrogens is 759 g/mol. The summed E-state index contributed by atoms with van der Waals surface area (Å²) in [5.74, 6) is 0. The first-order chi connectivity index (χ1) is 31.2. The Balaban J connectivity index is 1.04. The quantitative estimate of drug-likeness (QED) is 0.145. The standard InChI is InChI=1S/C62H41N/c1-2-13-44(14-3-1)58-38-32-50(61-40-48-17-6-9-21-56(48)59-22-10-11-23-60(59)61)41-62(58)63(52-35-29-46(30-36-52)55-24-12-18-43-15-4-7-19-53(43)55)51-33-27-42(28-34-51)47-31-37-57-49(39-47)26-25-45-16-5-8-20-54(45)57/h1-41H. The van der Waals surface area contributed by atoms with Crippen LogP contribution in [0.1, 0.15) is 0 Å². The van der Waals surface area contributed by atoms with Gasteiger partial charge in [0.05, 0.1) is 5.69 Å². The van der Waals surface area contributed by atoms with Crippen LogP contribution in [-0.4, -0.2) is 0 Å². The minimum Gasteiger partial charge on any atom is -0.310 e. The van der Waals surface area contributed by atoms with Crippen molar-refractivity contribution in [2.75, 3.05) is 4.90 Å². The van der Waals surface area contributed by atoms with Gasteiger partial charge in [-0.3, -0.25) is 0 Å². The van der Waals surface area contributed by atoms with E-state index in [0.717, 1.165) is 22.6 Å². The molecule has 0 amide bonds. The Morgan fingerprint density at radius 1 is 0.206 bits per heavy atom. The average Bonchev–Trinajstić information content (AvgIpc) is 3.36. The Hall–Kier alpha value is -8.26. The molecule has 0 saturated heterocycles. The Kier molecular flexibility index (Phi) is 8.90. The van der Waals surface area contributed by atoms with Gasteiger partial charge >= 0.3 is 0 Å². The van der Waals surface area contributed by atoms with Crippen molar-refractivity contribution in [2.24, 2.45) is 0 Å². The van der Waals surface area contributed by atoms with E-state index in [1.165, 1.54) is 92.8 Å². The number of fused-ring (bicyclic) bond motifs is 7. The van der Waals surface area contributed by atoms with Gasteiger partial charge in [-0.25, -0.2) is 0 Å². The molecule has 0 radical (unpaired) electrons. The lowest BCUT2D eigenvalue weighted by Crippen LogP contribution is -2.11. The Bertz CT molecular complexity index is 3650. The first-order valence-electron chi connectivity index (χ1n) is 21.7. The third kappa shape index (κ3) is 6.50. The van der Waals surface area contributed by atoms with E-state index < -0.39 is 0 Å². The summed E-state index contributed by atoms with van der Waals surface area (Å²) in [5.41, 5.74) is 12.8. The number of nitrogens with zero attached hydrogens (tertiary/aromatic N) is 1. The predicted octanol–water partition coefficient (Wildman–Crippen LogP) is 17.6. The maximum Gasteiger partial charge on any atom is 0.0546 e. The normalized spacial score (nSPS) is 11.5. The molecule has 0 aliphatic carbocycles. The maximum absolute atomic E-state index is 2.44. The fourth-order valence-corrected chi connectivity index (χ4v) is 9.73. The van der Waals surface area contributed by atoms with Gasteiger partial charge in [-0.2, -0.15) is 0 Å². The predicted molar refractivity (Wildman–Crippen MR) is 270 cm³/mol. The van der Waals surface area contributed by atoms with Crippen LogP contribution in [0.25, 0.3) is 98.4 Å². The van der Waals surface area contributed by atoms with Gasteiger partial charge in [-0.05, 0) is 135 Å². The van der Waals surface area contributed by atoms with Gasteiger partial charge in [0.2, 0.25) is 0 Å². The van der Waals surface area contributed by atoms with E-state index in [1.54, 1.807) is 0 Å². The van der Waals surface area contributed by atoms with E-state index in [-0.39, 0.29) is 0 Å². The molecule has 63 heavy (non-hydrogen) atoms. The summed E-state index contributed by atoms with van der Waals surface area (Å²) in [6.07, 6.45) is 0. The van der Waals surface area contributed by atoms with E-state index in [2.05, 4.69) is 254 Å². The van der Waals surface area contributed by atoms with Gasteiger partial charge in [-0.1, -0.05) is 206 Å². The summed E-state index contributed by atoms with van der Waals surface area (Å²) in [6, 6.07) is 91.2. The molecule has 0 atom stereocenters. The first kappa shape index (κ1) is 36.6. The lowest BCUT2D eigenvalue weighted by atomic mass is 9.91. The van der Waals surface area contributed by atoms with Crippen LogP contribution in [0.2, 0.25) is 0 Å². The lowest BCUT2D eigenvalue weighted by Gasteiger charge is -2.29. The van der Waals surface area contributed by atoms with Gasteiger partial charge < -0.3 is 4.90 Å². The molecule has 12 rings (SSSR count). The monoisotopic (exact) mass is 799 g/mol. The van der Waals surface area contributed by atoms with Crippen LogP contribution in [0, 0.1) is 0 Å². The molecule has 294 valence electrons. The summed E-state index contributed by atoms with van der Waals surface area (Å²) >= 11 is 0. The first-order valence-corrected chi connectivity index (χ1v) is 21.7. The van der Waals surface area contributed by atoms with E-state index in [4.69, 9.17) is 0 Å². The molecule has 0 bridgehead atoms. The minimum absolute atomic E-state index is 1.08. The molecule has 1 nitrogen and oxygen atoms in total. The van der Waals surface area contributed by atoms with Crippen LogP contribution >= 0.6 is 0 Å². The maximum atomic E-state index is 2.44. The average molecular weight is 800 g/mol. The van der Waals surface area contributed by atoms with Crippen molar-refractivity contribution < 1.29 is 0 Å². The summed E-state index contributed by atoms with van der Waals surface area (Å²) in [4.78, 5) is 2.44.